The third-order valence-electron chi connectivity index (χ3n) is 3.13. The van der Waals surface area contributed by atoms with Gasteiger partial charge >= 0.3 is 0 Å². The first kappa shape index (κ1) is 10.5. The van der Waals surface area contributed by atoms with Crippen LogP contribution in [0, 0.1) is 0 Å². The zero-order valence-corrected chi connectivity index (χ0v) is 9.71. The molecule has 0 radical (unpaired) electrons. The molecule has 0 bridgehead atoms. The second-order valence-electron chi connectivity index (χ2n) is 4.48. The molecule has 1 heterocycles. The molecular formula is C13H19NO. The van der Waals surface area contributed by atoms with E-state index in [1.807, 2.05) is 7.05 Å². The van der Waals surface area contributed by atoms with Gasteiger partial charge in [-0.1, -0.05) is 19.1 Å². The van der Waals surface area contributed by atoms with E-state index in [0.717, 1.165) is 18.8 Å². The topological polar surface area (TPSA) is 21.3 Å². The van der Waals surface area contributed by atoms with Crippen LogP contribution in [0.3, 0.4) is 0 Å². The molecular weight excluding hydrogens is 186 g/mol. The summed E-state index contributed by atoms with van der Waals surface area (Å²) in [5, 5.41) is 3.26. The Hall–Kier alpha value is -1.02. The van der Waals surface area contributed by atoms with Gasteiger partial charge in [-0.2, -0.15) is 0 Å². The Morgan fingerprint density at radius 3 is 3.07 bits per heavy atom. The molecule has 0 aromatic heterocycles. The van der Waals surface area contributed by atoms with Crippen molar-refractivity contribution < 1.29 is 4.74 Å². The average molecular weight is 205 g/mol. The molecule has 0 aliphatic carbocycles. The molecule has 2 rings (SSSR count). The molecule has 0 spiro atoms. The van der Waals surface area contributed by atoms with Gasteiger partial charge in [-0.3, -0.25) is 0 Å². The first-order valence-corrected chi connectivity index (χ1v) is 5.63. The number of likely N-dealkylation sites (N-methyl/N-ethyl adjacent to an activating group) is 1. The van der Waals surface area contributed by atoms with Crippen LogP contribution >= 0.6 is 0 Å². The van der Waals surface area contributed by atoms with Crippen molar-refractivity contribution in [1.82, 2.24) is 5.32 Å². The summed E-state index contributed by atoms with van der Waals surface area (Å²) in [6.45, 7) is 5.25. The van der Waals surface area contributed by atoms with Crippen LogP contribution in [0.1, 0.15) is 30.9 Å². The highest BCUT2D eigenvalue weighted by molar-refractivity contribution is 5.42. The standard InChI is InChI=1S/C13H19NO/c1-9-8-15-13-5-4-11(7-12(9)13)6-10(2)14-3/h4-5,7,9-10,14H,6,8H2,1-3H3. The van der Waals surface area contributed by atoms with Gasteiger partial charge in [-0.05, 0) is 32.0 Å². The number of benzene rings is 1. The highest BCUT2D eigenvalue weighted by Crippen LogP contribution is 2.34. The van der Waals surface area contributed by atoms with Gasteiger partial charge in [0.05, 0.1) is 6.61 Å². The minimum absolute atomic E-state index is 0.528. The maximum absolute atomic E-state index is 5.58. The summed E-state index contributed by atoms with van der Waals surface area (Å²) in [6, 6.07) is 7.10. The van der Waals surface area contributed by atoms with E-state index in [9.17, 15) is 0 Å². The summed E-state index contributed by atoms with van der Waals surface area (Å²) < 4.78 is 5.58. The fourth-order valence-electron chi connectivity index (χ4n) is 2.00. The molecule has 82 valence electrons. The first-order valence-electron chi connectivity index (χ1n) is 5.63. The number of fused-ring (bicyclic) bond motifs is 1. The molecule has 1 aliphatic rings. The molecule has 0 amide bonds. The van der Waals surface area contributed by atoms with E-state index in [1.54, 1.807) is 0 Å². The van der Waals surface area contributed by atoms with Crippen LogP contribution in [0.2, 0.25) is 0 Å². The summed E-state index contributed by atoms with van der Waals surface area (Å²) in [5.41, 5.74) is 2.77. The van der Waals surface area contributed by atoms with E-state index in [-0.39, 0.29) is 0 Å². The van der Waals surface area contributed by atoms with Crippen molar-refractivity contribution in [3.05, 3.63) is 29.3 Å². The number of ether oxygens (including phenoxy) is 1. The third-order valence-corrected chi connectivity index (χ3v) is 3.13. The lowest BCUT2D eigenvalue weighted by Gasteiger charge is -2.11. The van der Waals surface area contributed by atoms with Crippen molar-refractivity contribution in [3.8, 4) is 5.75 Å². The average Bonchev–Trinajstić information content (AvgIpc) is 2.60. The predicted molar refractivity (Wildman–Crippen MR) is 62.6 cm³/mol. The summed E-state index contributed by atoms with van der Waals surface area (Å²) in [6.07, 6.45) is 1.08. The zero-order valence-electron chi connectivity index (χ0n) is 9.71. The molecule has 2 nitrogen and oxygen atoms in total. The molecule has 1 aromatic carbocycles. The van der Waals surface area contributed by atoms with Gasteiger partial charge in [0.2, 0.25) is 0 Å². The van der Waals surface area contributed by atoms with E-state index in [1.165, 1.54) is 11.1 Å². The normalized spacial score (nSPS) is 20.9. The van der Waals surface area contributed by atoms with Gasteiger partial charge < -0.3 is 10.1 Å². The third kappa shape index (κ3) is 2.15. The van der Waals surface area contributed by atoms with Crippen molar-refractivity contribution in [2.75, 3.05) is 13.7 Å². The lowest BCUT2D eigenvalue weighted by atomic mass is 9.98. The molecule has 0 fully saturated rings. The highest BCUT2D eigenvalue weighted by Gasteiger charge is 2.20. The molecule has 0 saturated heterocycles. The van der Waals surface area contributed by atoms with Crippen LogP contribution < -0.4 is 10.1 Å². The minimum Gasteiger partial charge on any atom is -0.493 e. The van der Waals surface area contributed by atoms with Gasteiger partial charge in [-0.25, -0.2) is 0 Å². The second kappa shape index (κ2) is 4.23. The van der Waals surface area contributed by atoms with E-state index in [4.69, 9.17) is 4.74 Å². The van der Waals surface area contributed by atoms with Crippen LogP contribution in [0.5, 0.6) is 5.75 Å². The fourth-order valence-corrected chi connectivity index (χ4v) is 2.00. The summed E-state index contributed by atoms with van der Waals surface area (Å²) in [7, 11) is 2.00. The zero-order chi connectivity index (χ0) is 10.8. The van der Waals surface area contributed by atoms with Crippen LogP contribution in [0.4, 0.5) is 0 Å². The van der Waals surface area contributed by atoms with Crippen molar-refractivity contribution in [2.45, 2.75) is 32.2 Å². The van der Waals surface area contributed by atoms with Crippen molar-refractivity contribution >= 4 is 0 Å². The highest BCUT2D eigenvalue weighted by atomic mass is 16.5. The monoisotopic (exact) mass is 205 g/mol. The van der Waals surface area contributed by atoms with Crippen molar-refractivity contribution in [3.63, 3.8) is 0 Å². The summed E-state index contributed by atoms with van der Waals surface area (Å²) in [5.74, 6) is 1.62. The quantitative estimate of drug-likeness (QED) is 0.817. The van der Waals surface area contributed by atoms with Crippen molar-refractivity contribution in [2.24, 2.45) is 0 Å². The number of rotatable bonds is 3. The Bertz CT molecular complexity index is 348. The Morgan fingerprint density at radius 1 is 1.53 bits per heavy atom. The second-order valence-corrected chi connectivity index (χ2v) is 4.48. The largest absolute Gasteiger partial charge is 0.493 e. The fraction of sp³-hybridized carbons (Fsp3) is 0.538. The number of hydrogen-bond acceptors (Lipinski definition) is 2. The molecule has 1 aliphatic heterocycles. The minimum atomic E-state index is 0.528. The number of nitrogens with one attached hydrogen (secondary N) is 1. The molecule has 0 saturated carbocycles. The molecule has 2 heteroatoms. The van der Waals surface area contributed by atoms with Gasteiger partial charge in [0.15, 0.2) is 0 Å². The van der Waals surface area contributed by atoms with E-state index in [2.05, 4.69) is 37.4 Å². The van der Waals surface area contributed by atoms with Crippen molar-refractivity contribution in [1.29, 1.82) is 0 Å². The van der Waals surface area contributed by atoms with Gasteiger partial charge in [0.25, 0.3) is 0 Å². The Balaban J connectivity index is 2.18. The van der Waals surface area contributed by atoms with Crippen LogP contribution in [0.15, 0.2) is 18.2 Å². The maximum Gasteiger partial charge on any atom is 0.122 e. The Labute approximate surface area is 91.6 Å². The van der Waals surface area contributed by atoms with Crippen LogP contribution in [0.25, 0.3) is 0 Å². The van der Waals surface area contributed by atoms with E-state index < -0.39 is 0 Å². The molecule has 15 heavy (non-hydrogen) atoms. The summed E-state index contributed by atoms with van der Waals surface area (Å²) >= 11 is 0. The Morgan fingerprint density at radius 2 is 2.33 bits per heavy atom. The molecule has 2 atom stereocenters. The number of hydrogen-bond donors (Lipinski definition) is 1. The smallest absolute Gasteiger partial charge is 0.122 e. The first-order chi connectivity index (χ1) is 7.20. The van der Waals surface area contributed by atoms with Gasteiger partial charge in [-0.15, -0.1) is 0 Å². The SMILES string of the molecule is CNC(C)Cc1ccc2c(c1)C(C)CO2. The van der Waals surface area contributed by atoms with Crippen LogP contribution in [-0.2, 0) is 6.42 Å². The summed E-state index contributed by atoms with van der Waals surface area (Å²) in [4.78, 5) is 0. The van der Waals surface area contributed by atoms with Crippen LogP contribution in [-0.4, -0.2) is 19.7 Å². The maximum atomic E-state index is 5.58. The van der Waals surface area contributed by atoms with E-state index in [0.29, 0.717) is 12.0 Å². The predicted octanol–water partition coefficient (Wildman–Crippen LogP) is 2.33. The molecule has 1 aromatic rings. The lowest BCUT2D eigenvalue weighted by Crippen LogP contribution is -2.23. The molecule has 1 N–H and O–H groups in total. The lowest BCUT2D eigenvalue weighted by molar-refractivity contribution is 0.337. The van der Waals surface area contributed by atoms with E-state index >= 15 is 0 Å². The van der Waals surface area contributed by atoms with Gasteiger partial charge in [0.1, 0.15) is 5.75 Å². The Kier molecular flexibility index (Phi) is 2.96. The molecule has 2 unspecified atom stereocenters. The van der Waals surface area contributed by atoms with Gasteiger partial charge in [0, 0.05) is 17.5 Å².